The fourth-order valence-corrected chi connectivity index (χ4v) is 2.66. The van der Waals surface area contributed by atoms with Gasteiger partial charge in [0.05, 0.1) is 44.0 Å². The molecule has 3 rings (SSSR count). The Hall–Kier alpha value is -3.31. The fourth-order valence-electron chi connectivity index (χ4n) is 2.66. The Morgan fingerprint density at radius 2 is 2.21 bits per heavy atom. The van der Waals surface area contributed by atoms with E-state index < -0.39 is 18.6 Å². The highest BCUT2D eigenvalue weighted by Gasteiger charge is 2.37. The molecule has 1 unspecified atom stereocenters. The monoisotopic (exact) mass is 397 g/mol. The zero-order valence-corrected chi connectivity index (χ0v) is 15.1. The van der Waals surface area contributed by atoms with E-state index in [0.29, 0.717) is 23.0 Å². The second-order valence-corrected chi connectivity index (χ2v) is 5.93. The summed E-state index contributed by atoms with van der Waals surface area (Å²) in [6.07, 6.45) is -1.33. The summed E-state index contributed by atoms with van der Waals surface area (Å²) < 4.78 is 48.8. The lowest BCUT2D eigenvalue weighted by Crippen LogP contribution is -2.43. The number of nitrogens with zero attached hydrogens (tertiary/aromatic N) is 5. The summed E-state index contributed by atoms with van der Waals surface area (Å²) in [5.41, 5.74) is 5.76. The summed E-state index contributed by atoms with van der Waals surface area (Å²) in [6.45, 7) is -0.0939. The summed E-state index contributed by atoms with van der Waals surface area (Å²) in [6, 6.07) is 0.746. The second-order valence-electron chi connectivity index (χ2n) is 5.93. The van der Waals surface area contributed by atoms with Gasteiger partial charge in [-0.1, -0.05) is 0 Å². The molecule has 9 nitrogen and oxygen atoms in total. The average Bonchev–Trinajstić information content (AvgIpc) is 2.65. The highest BCUT2D eigenvalue weighted by molar-refractivity contribution is 5.65. The molecule has 0 radical (unpaired) electrons. The SMILES string of the molecule is COc1cc(Nc2ncc3c(n2)N(C)C(CC(F)(F)F)CO3)cnc1N=CN. The first kappa shape index (κ1) is 19.5. The Morgan fingerprint density at radius 1 is 1.43 bits per heavy atom. The highest BCUT2D eigenvalue weighted by atomic mass is 19.4. The Labute approximate surface area is 158 Å². The van der Waals surface area contributed by atoms with Gasteiger partial charge in [0.15, 0.2) is 23.1 Å². The standard InChI is InChI=1S/C16H18F3N7O2/c1-26-10(4-16(17,18)19)7-28-12-6-22-15(25-14(12)26)24-9-3-11(27-2)13(21-5-9)23-8-20/h3,5-6,8,10H,4,7H2,1-2H3,(H2,20,21,23)(H,22,24,25). The van der Waals surface area contributed by atoms with Crippen LogP contribution in [0.4, 0.5) is 36.4 Å². The molecule has 0 spiro atoms. The molecule has 2 aromatic heterocycles. The summed E-state index contributed by atoms with van der Waals surface area (Å²) in [5, 5.41) is 2.93. The number of hydrogen-bond donors (Lipinski definition) is 2. The van der Waals surface area contributed by atoms with E-state index in [1.165, 1.54) is 24.4 Å². The maximum atomic E-state index is 12.8. The average molecular weight is 397 g/mol. The number of alkyl halides is 3. The fraction of sp³-hybridized carbons (Fsp3) is 0.375. The van der Waals surface area contributed by atoms with E-state index >= 15 is 0 Å². The molecule has 0 fully saturated rings. The van der Waals surface area contributed by atoms with Crippen molar-refractivity contribution >= 4 is 29.6 Å². The molecule has 0 aromatic carbocycles. The summed E-state index contributed by atoms with van der Waals surface area (Å²) in [5.74, 6) is 1.42. The summed E-state index contributed by atoms with van der Waals surface area (Å²) in [7, 11) is 3.00. The maximum Gasteiger partial charge on any atom is 0.391 e. The number of aromatic nitrogens is 3. The van der Waals surface area contributed by atoms with E-state index in [0.717, 1.165) is 6.34 Å². The normalized spacial score (nSPS) is 16.6. The third-order valence-electron chi connectivity index (χ3n) is 4.02. The van der Waals surface area contributed by atoms with Crippen LogP contribution in [0.25, 0.3) is 0 Å². The molecular formula is C16H18F3N7O2. The van der Waals surface area contributed by atoms with Crippen LogP contribution in [0.15, 0.2) is 23.5 Å². The molecule has 1 atom stereocenters. The molecule has 0 aliphatic carbocycles. The lowest BCUT2D eigenvalue weighted by atomic mass is 10.1. The van der Waals surface area contributed by atoms with Crippen LogP contribution in [0, 0.1) is 0 Å². The number of methoxy groups -OCH3 is 1. The van der Waals surface area contributed by atoms with Gasteiger partial charge in [0.1, 0.15) is 6.61 Å². The summed E-state index contributed by atoms with van der Waals surface area (Å²) in [4.78, 5) is 17.8. The van der Waals surface area contributed by atoms with Gasteiger partial charge in [0.2, 0.25) is 5.95 Å². The molecular weight excluding hydrogens is 379 g/mol. The van der Waals surface area contributed by atoms with Crippen LogP contribution in [-0.2, 0) is 0 Å². The molecule has 0 saturated heterocycles. The molecule has 1 aliphatic heterocycles. The van der Waals surface area contributed by atoms with Crippen molar-refractivity contribution < 1.29 is 22.6 Å². The number of likely N-dealkylation sites (N-methyl/N-ethyl adjacent to an activating group) is 1. The van der Waals surface area contributed by atoms with Crippen LogP contribution in [0.1, 0.15) is 6.42 Å². The molecule has 0 amide bonds. The topological polar surface area (TPSA) is 111 Å². The van der Waals surface area contributed by atoms with Crippen molar-refractivity contribution in [3.05, 3.63) is 18.5 Å². The minimum absolute atomic E-state index is 0.0939. The van der Waals surface area contributed by atoms with Crippen molar-refractivity contribution in [3.63, 3.8) is 0 Å². The Bertz CT molecular complexity index is 876. The predicted octanol–water partition coefficient (Wildman–Crippen LogP) is 2.39. The number of hydrogen-bond acceptors (Lipinski definition) is 8. The third-order valence-corrected chi connectivity index (χ3v) is 4.02. The van der Waals surface area contributed by atoms with Gasteiger partial charge in [-0.2, -0.15) is 18.2 Å². The minimum atomic E-state index is -4.30. The molecule has 150 valence electrons. The zero-order valence-electron chi connectivity index (χ0n) is 15.1. The summed E-state index contributed by atoms with van der Waals surface area (Å²) >= 11 is 0. The number of rotatable bonds is 5. The largest absolute Gasteiger partial charge is 0.493 e. The quantitative estimate of drug-likeness (QED) is 0.585. The van der Waals surface area contributed by atoms with E-state index in [1.54, 1.807) is 13.1 Å². The van der Waals surface area contributed by atoms with Crippen LogP contribution >= 0.6 is 0 Å². The number of nitrogens with two attached hydrogens (primary N) is 1. The maximum absolute atomic E-state index is 12.8. The van der Waals surface area contributed by atoms with Crippen molar-refractivity contribution in [1.29, 1.82) is 0 Å². The van der Waals surface area contributed by atoms with Gasteiger partial charge in [0, 0.05) is 13.1 Å². The van der Waals surface area contributed by atoms with E-state index in [1.807, 2.05) is 0 Å². The van der Waals surface area contributed by atoms with E-state index in [4.69, 9.17) is 15.2 Å². The van der Waals surface area contributed by atoms with Gasteiger partial charge in [-0.05, 0) is 0 Å². The first-order valence-corrected chi connectivity index (χ1v) is 8.15. The van der Waals surface area contributed by atoms with Gasteiger partial charge >= 0.3 is 6.18 Å². The molecule has 0 bridgehead atoms. The Morgan fingerprint density at radius 3 is 2.89 bits per heavy atom. The smallest absolute Gasteiger partial charge is 0.391 e. The van der Waals surface area contributed by atoms with Crippen LogP contribution in [0.5, 0.6) is 11.5 Å². The highest BCUT2D eigenvalue weighted by Crippen LogP contribution is 2.35. The van der Waals surface area contributed by atoms with Crippen LogP contribution < -0.4 is 25.4 Å². The number of aliphatic imine (C=N–C) groups is 1. The van der Waals surface area contributed by atoms with Gasteiger partial charge < -0.3 is 25.4 Å². The predicted molar refractivity (Wildman–Crippen MR) is 96.8 cm³/mol. The van der Waals surface area contributed by atoms with E-state index in [2.05, 4.69) is 25.3 Å². The lowest BCUT2D eigenvalue weighted by molar-refractivity contribution is -0.140. The molecule has 3 heterocycles. The van der Waals surface area contributed by atoms with Gasteiger partial charge in [-0.3, -0.25) is 0 Å². The van der Waals surface area contributed by atoms with Crippen molar-refractivity contribution in [2.24, 2.45) is 10.7 Å². The van der Waals surface area contributed by atoms with E-state index in [9.17, 15) is 13.2 Å². The van der Waals surface area contributed by atoms with Crippen molar-refractivity contribution in [2.75, 3.05) is 31.0 Å². The number of anilines is 3. The molecule has 12 heteroatoms. The number of fused-ring (bicyclic) bond motifs is 1. The first-order chi connectivity index (χ1) is 13.3. The van der Waals surface area contributed by atoms with E-state index in [-0.39, 0.29) is 18.4 Å². The molecule has 0 saturated carbocycles. The Balaban J connectivity index is 1.82. The molecule has 1 aliphatic rings. The molecule has 3 N–H and O–H groups in total. The van der Waals surface area contributed by atoms with Crippen LogP contribution in [0.2, 0.25) is 0 Å². The van der Waals surface area contributed by atoms with Crippen molar-refractivity contribution in [3.8, 4) is 11.5 Å². The first-order valence-electron chi connectivity index (χ1n) is 8.15. The lowest BCUT2D eigenvalue weighted by Gasteiger charge is -2.35. The number of ether oxygens (including phenoxy) is 2. The molecule has 2 aromatic rings. The van der Waals surface area contributed by atoms with Crippen molar-refractivity contribution in [1.82, 2.24) is 15.0 Å². The van der Waals surface area contributed by atoms with Crippen molar-refractivity contribution in [2.45, 2.75) is 18.6 Å². The third kappa shape index (κ3) is 4.32. The zero-order chi connectivity index (χ0) is 20.3. The van der Waals surface area contributed by atoms with Gasteiger partial charge in [-0.15, -0.1) is 0 Å². The number of halogens is 3. The number of nitrogens with one attached hydrogen (secondary N) is 1. The Kier molecular flexibility index (Phi) is 5.38. The van der Waals surface area contributed by atoms with Gasteiger partial charge in [-0.25, -0.2) is 15.0 Å². The molecule has 28 heavy (non-hydrogen) atoms. The van der Waals surface area contributed by atoms with Crippen LogP contribution in [0.3, 0.4) is 0 Å². The number of pyridine rings is 1. The van der Waals surface area contributed by atoms with Crippen LogP contribution in [-0.4, -0.2) is 54.3 Å². The van der Waals surface area contributed by atoms with Gasteiger partial charge in [0.25, 0.3) is 0 Å². The second kappa shape index (κ2) is 7.74. The minimum Gasteiger partial charge on any atom is -0.493 e.